The molecule has 1 aromatic carbocycles. The fourth-order valence-corrected chi connectivity index (χ4v) is 4.83. The number of carbonyl (C=O) groups excluding carboxylic acids is 3. The zero-order chi connectivity index (χ0) is 19.7. The highest BCUT2D eigenvalue weighted by molar-refractivity contribution is 6.07. The number of fused-ring (bicyclic) bond motifs is 1. The lowest BCUT2D eigenvalue weighted by Crippen LogP contribution is -2.44. The predicted molar refractivity (Wildman–Crippen MR) is 106 cm³/mol. The average Bonchev–Trinajstić information content (AvgIpc) is 3.25. The Bertz CT molecular complexity index is 798. The Morgan fingerprint density at radius 3 is 2.61 bits per heavy atom. The van der Waals surface area contributed by atoms with Gasteiger partial charge in [-0.1, -0.05) is 31.0 Å². The number of benzene rings is 1. The highest BCUT2D eigenvalue weighted by Gasteiger charge is 2.52. The van der Waals surface area contributed by atoms with Crippen molar-refractivity contribution < 1.29 is 14.4 Å². The molecule has 150 valence electrons. The van der Waals surface area contributed by atoms with E-state index in [0.717, 1.165) is 31.2 Å². The maximum Gasteiger partial charge on any atom is 0.325 e. The van der Waals surface area contributed by atoms with Crippen molar-refractivity contribution in [3.63, 3.8) is 0 Å². The minimum absolute atomic E-state index is 0.0935. The van der Waals surface area contributed by atoms with Crippen LogP contribution in [0.5, 0.6) is 0 Å². The number of hydrogen-bond acceptors (Lipinski definition) is 3. The van der Waals surface area contributed by atoms with Crippen LogP contribution in [0.15, 0.2) is 18.2 Å². The molecular formula is C22H29N3O3. The van der Waals surface area contributed by atoms with Crippen molar-refractivity contribution in [3.8, 4) is 0 Å². The van der Waals surface area contributed by atoms with E-state index in [-0.39, 0.29) is 36.9 Å². The molecule has 2 fully saturated rings. The van der Waals surface area contributed by atoms with E-state index in [4.69, 9.17) is 0 Å². The first-order chi connectivity index (χ1) is 13.5. The molecule has 1 aliphatic heterocycles. The van der Waals surface area contributed by atoms with Crippen molar-refractivity contribution in [2.24, 2.45) is 0 Å². The largest absolute Gasteiger partial charge is 0.350 e. The Labute approximate surface area is 166 Å². The van der Waals surface area contributed by atoms with Crippen LogP contribution in [0.3, 0.4) is 0 Å². The number of amides is 4. The molecule has 0 aromatic heterocycles. The van der Waals surface area contributed by atoms with E-state index in [1.807, 2.05) is 6.92 Å². The number of rotatable bonds is 5. The van der Waals surface area contributed by atoms with Crippen LogP contribution in [0.1, 0.15) is 74.6 Å². The van der Waals surface area contributed by atoms with Gasteiger partial charge in [0.2, 0.25) is 5.91 Å². The Morgan fingerprint density at radius 1 is 1.14 bits per heavy atom. The molecule has 6 nitrogen and oxygen atoms in total. The zero-order valence-corrected chi connectivity index (χ0v) is 16.6. The Kier molecular flexibility index (Phi) is 5.13. The van der Waals surface area contributed by atoms with Gasteiger partial charge >= 0.3 is 6.03 Å². The smallest absolute Gasteiger partial charge is 0.325 e. The molecule has 0 radical (unpaired) electrons. The van der Waals surface area contributed by atoms with Crippen LogP contribution < -0.4 is 10.6 Å². The summed E-state index contributed by atoms with van der Waals surface area (Å²) in [6.07, 6.45) is 8.18. The van der Waals surface area contributed by atoms with Crippen molar-refractivity contribution in [1.82, 2.24) is 15.5 Å². The van der Waals surface area contributed by atoms with Gasteiger partial charge in [-0.3, -0.25) is 14.5 Å². The summed E-state index contributed by atoms with van der Waals surface area (Å²) in [6.45, 7) is 2.11. The van der Waals surface area contributed by atoms with Crippen LogP contribution in [0.4, 0.5) is 4.79 Å². The molecule has 28 heavy (non-hydrogen) atoms. The van der Waals surface area contributed by atoms with Gasteiger partial charge in [-0.05, 0) is 62.1 Å². The number of aryl methyl sites for hydroxylation is 2. The molecule has 4 amide bonds. The van der Waals surface area contributed by atoms with Crippen molar-refractivity contribution in [2.45, 2.75) is 76.3 Å². The van der Waals surface area contributed by atoms with Crippen molar-refractivity contribution in [1.29, 1.82) is 0 Å². The van der Waals surface area contributed by atoms with Gasteiger partial charge in [-0.15, -0.1) is 0 Å². The number of carbonyl (C=O) groups is 3. The van der Waals surface area contributed by atoms with E-state index in [9.17, 15) is 14.4 Å². The Hall–Kier alpha value is -2.37. The van der Waals surface area contributed by atoms with E-state index in [1.54, 1.807) is 0 Å². The second kappa shape index (κ2) is 7.57. The third-order valence-electron chi connectivity index (χ3n) is 6.52. The first-order valence-corrected chi connectivity index (χ1v) is 10.5. The standard InChI is InChI=1S/C22H29N3O3/c1-15(17-9-8-16-6-2-3-7-18(16)14-17)23-19(26)10-13-25-20(27)22(24-21(25)28)11-4-5-12-22/h8-9,14-15H,2-7,10-13H2,1H3,(H,23,26)(H,24,28)/t15-/m1/s1. The summed E-state index contributed by atoms with van der Waals surface area (Å²) < 4.78 is 0. The normalized spacial score (nSPS) is 21.5. The van der Waals surface area contributed by atoms with Crippen LogP contribution >= 0.6 is 0 Å². The van der Waals surface area contributed by atoms with Crippen molar-refractivity contribution >= 4 is 17.8 Å². The predicted octanol–water partition coefficient (Wildman–Crippen LogP) is 3.00. The van der Waals surface area contributed by atoms with Gasteiger partial charge in [-0.2, -0.15) is 0 Å². The summed E-state index contributed by atoms with van der Waals surface area (Å²) in [6, 6.07) is 6.03. The lowest BCUT2D eigenvalue weighted by Gasteiger charge is -2.21. The molecule has 2 aliphatic carbocycles. The SMILES string of the molecule is C[C@@H](NC(=O)CCN1C(=O)NC2(CCCC2)C1=O)c1ccc2c(c1)CCCC2. The third-order valence-corrected chi connectivity index (χ3v) is 6.52. The Balaban J connectivity index is 1.32. The molecule has 4 rings (SSSR count). The molecule has 3 aliphatic rings. The minimum atomic E-state index is -0.704. The summed E-state index contributed by atoms with van der Waals surface area (Å²) in [7, 11) is 0. The van der Waals surface area contributed by atoms with E-state index in [1.165, 1.54) is 28.9 Å². The molecule has 1 atom stereocenters. The molecule has 0 unspecified atom stereocenters. The number of urea groups is 1. The molecule has 2 N–H and O–H groups in total. The number of hydrogen-bond donors (Lipinski definition) is 2. The summed E-state index contributed by atoms with van der Waals surface area (Å²) in [5, 5.41) is 5.86. The second-order valence-electron chi connectivity index (χ2n) is 8.45. The fraction of sp³-hybridized carbons (Fsp3) is 0.591. The number of nitrogens with zero attached hydrogens (tertiary/aromatic N) is 1. The summed E-state index contributed by atoms with van der Waals surface area (Å²) >= 11 is 0. The Morgan fingerprint density at radius 2 is 1.86 bits per heavy atom. The van der Waals surface area contributed by atoms with E-state index in [2.05, 4.69) is 28.8 Å². The molecule has 1 heterocycles. The summed E-state index contributed by atoms with van der Waals surface area (Å²) in [4.78, 5) is 38.5. The lowest BCUT2D eigenvalue weighted by atomic mass is 9.89. The number of imide groups is 1. The molecule has 1 aromatic rings. The number of nitrogens with one attached hydrogen (secondary N) is 2. The highest BCUT2D eigenvalue weighted by atomic mass is 16.2. The van der Waals surface area contributed by atoms with Crippen LogP contribution in [-0.4, -0.2) is 34.8 Å². The monoisotopic (exact) mass is 383 g/mol. The van der Waals surface area contributed by atoms with Gasteiger partial charge in [0.15, 0.2) is 0 Å². The molecule has 1 spiro atoms. The fourth-order valence-electron chi connectivity index (χ4n) is 4.83. The summed E-state index contributed by atoms with van der Waals surface area (Å²) in [5.41, 5.74) is 3.22. The van der Waals surface area contributed by atoms with Gasteiger partial charge < -0.3 is 10.6 Å². The highest BCUT2D eigenvalue weighted by Crippen LogP contribution is 2.35. The van der Waals surface area contributed by atoms with Gasteiger partial charge in [0.1, 0.15) is 5.54 Å². The van der Waals surface area contributed by atoms with E-state index < -0.39 is 5.54 Å². The van der Waals surface area contributed by atoms with E-state index >= 15 is 0 Å². The maximum absolute atomic E-state index is 12.6. The maximum atomic E-state index is 12.6. The van der Waals surface area contributed by atoms with Crippen molar-refractivity contribution in [2.75, 3.05) is 6.54 Å². The first-order valence-electron chi connectivity index (χ1n) is 10.5. The first kappa shape index (κ1) is 19.0. The zero-order valence-electron chi connectivity index (χ0n) is 16.6. The van der Waals surface area contributed by atoms with Gasteiger partial charge in [0.25, 0.3) is 5.91 Å². The van der Waals surface area contributed by atoms with Crippen LogP contribution in [0.2, 0.25) is 0 Å². The molecule has 0 bridgehead atoms. The molecular weight excluding hydrogens is 354 g/mol. The van der Waals surface area contributed by atoms with E-state index in [0.29, 0.717) is 12.8 Å². The molecule has 1 saturated carbocycles. The van der Waals surface area contributed by atoms with Gasteiger partial charge in [0.05, 0.1) is 6.04 Å². The lowest BCUT2D eigenvalue weighted by molar-refractivity contribution is -0.131. The third kappa shape index (κ3) is 3.52. The minimum Gasteiger partial charge on any atom is -0.350 e. The quantitative estimate of drug-likeness (QED) is 0.767. The average molecular weight is 383 g/mol. The molecule has 6 heteroatoms. The van der Waals surface area contributed by atoms with Gasteiger partial charge in [0, 0.05) is 13.0 Å². The topological polar surface area (TPSA) is 78.5 Å². The van der Waals surface area contributed by atoms with Crippen LogP contribution in [-0.2, 0) is 22.4 Å². The summed E-state index contributed by atoms with van der Waals surface area (Å²) in [5.74, 6) is -0.302. The molecule has 1 saturated heterocycles. The van der Waals surface area contributed by atoms with Crippen LogP contribution in [0.25, 0.3) is 0 Å². The van der Waals surface area contributed by atoms with Crippen LogP contribution in [0, 0.1) is 0 Å². The second-order valence-corrected chi connectivity index (χ2v) is 8.45. The van der Waals surface area contributed by atoms with Gasteiger partial charge in [-0.25, -0.2) is 4.79 Å². The van der Waals surface area contributed by atoms with Crippen molar-refractivity contribution in [3.05, 3.63) is 34.9 Å².